The summed E-state index contributed by atoms with van der Waals surface area (Å²) in [6.07, 6.45) is 7.88. The molecule has 1 saturated heterocycles. The van der Waals surface area contributed by atoms with E-state index in [1.165, 1.54) is 25.0 Å². The second-order valence-electron chi connectivity index (χ2n) is 5.73. The number of nitrogens with zero attached hydrogens (tertiary/aromatic N) is 1. The summed E-state index contributed by atoms with van der Waals surface area (Å²) < 4.78 is 12.8. The Morgan fingerprint density at radius 3 is 2.86 bits per heavy atom. The van der Waals surface area contributed by atoms with Crippen LogP contribution in [0.5, 0.6) is 0 Å². The maximum absolute atomic E-state index is 12.8. The van der Waals surface area contributed by atoms with Gasteiger partial charge in [0.25, 0.3) is 0 Å². The van der Waals surface area contributed by atoms with Crippen LogP contribution in [-0.2, 0) is 4.79 Å². The molecule has 0 spiro atoms. The van der Waals surface area contributed by atoms with Crippen molar-refractivity contribution in [1.29, 1.82) is 0 Å². The first kappa shape index (κ1) is 15.7. The van der Waals surface area contributed by atoms with Crippen LogP contribution in [0.15, 0.2) is 30.3 Å². The molecule has 1 aromatic carbocycles. The van der Waals surface area contributed by atoms with E-state index in [-0.39, 0.29) is 11.7 Å². The summed E-state index contributed by atoms with van der Waals surface area (Å²) >= 11 is 0. The number of primary amides is 1. The SMILES string of the molecule is NC(=O)CCC1CCCN(CC=Cc2ccc(F)cc2)C1. The second kappa shape index (κ2) is 7.93. The lowest BCUT2D eigenvalue weighted by Crippen LogP contribution is -2.35. The van der Waals surface area contributed by atoms with E-state index in [4.69, 9.17) is 5.73 Å². The van der Waals surface area contributed by atoms with Crippen LogP contribution in [-0.4, -0.2) is 30.4 Å². The third-order valence-electron chi connectivity index (χ3n) is 3.95. The molecule has 2 rings (SSSR count). The van der Waals surface area contributed by atoms with Gasteiger partial charge in [0, 0.05) is 19.5 Å². The number of carbonyl (C=O) groups is 1. The molecule has 2 N–H and O–H groups in total. The number of nitrogens with two attached hydrogens (primary N) is 1. The van der Waals surface area contributed by atoms with Gasteiger partial charge in [-0.1, -0.05) is 24.3 Å². The Morgan fingerprint density at radius 1 is 1.38 bits per heavy atom. The number of carbonyl (C=O) groups excluding carboxylic acids is 1. The summed E-state index contributed by atoms with van der Waals surface area (Å²) in [4.78, 5) is 13.2. The second-order valence-corrected chi connectivity index (χ2v) is 5.73. The van der Waals surface area contributed by atoms with Gasteiger partial charge in [-0.2, -0.15) is 0 Å². The molecule has 21 heavy (non-hydrogen) atoms. The van der Waals surface area contributed by atoms with Gasteiger partial charge in [-0.3, -0.25) is 9.69 Å². The fraction of sp³-hybridized carbons (Fsp3) is 0.471. The van der Waals surface area contributed by atoms with E-state index < -0.39 is 0 Å². The predicted octanol–water partition coefficient (Wildman–Crippen LogP) is 2.82. The lowest BCUT2D eigenvalue weighted by molar-refractivity contribution is -0.118. The Kier molecular flexibility index (Phi) is 5.93. The monoisotopic (exact) mass is 290 g/mol. The number of piperidine rings is 1. The zero-order valence-electron chi connectivity index (χ0n) is 12.3. The van der Waals surface area contributed by atoms with Crippen molar-refractivity contribution < 1.29 is 9.18 Å². The summed E-state index contributed by atoms with van der Waals surface area (Å²) in [5.74, 6) is 0.161. The average molecular weight is 290 g/mol. The van der Waals surface area contributed by atoms with Crippen molar-refractivity contribution in [1.82, 2.24) is 4.90 Å². The van der Waals surface area contributed by atoms with Gasteiger partial charge in [0.2, 0.25) is 5.91 Å². The van der Waals surface area contributed by atoms with Crippen molar-refractivity contribution >= 4 is 12.0 Å². The van der Waals surface area contributed by atoms with Gasteiger partial charge in [-0.15, -0.1) is 0 Å². The summed E-state index contributed by atoms with van der Waals surface area (Å²) in [5.41, 5.74) is 6.22. The molecule has 1 amide bonds. The van der Waals surface area contributed by atoms with Gasteiger partial charge < -0.3 is 5.73 Å². The molecular formula is C17H23FN2O. The first-order chi connectivity index (χ1) is 10.1. The van der Waals surface area contributed by atoms with Gasteiger partial charge in [0.1, 0.15) is 5.82 Å². The minimum atomic E-state index is -0.208. The van der Waals surface area contributed by atoms with Crippen LogP contribution in [0.3, 0.4) is 0 Å². The molecule has 1 aliphatic heterocycles. The highest BCUT2D eigenvalue weighted by atomic mass is 19.1. The molecule has 0 radical (unpaired) electrons. The van der Waals surface area contributed by atoms with E-state index in [0.29, 0.717) is 12.3 Å². The van der Waals surface area contributed by atoms with Gasteiger partial charge in [0.15, 0.2) is 0 Å². The number of halogens is 1. The fourth-order valence-corrected chi connectivity index (χ4v) is 2.81. The van der Waals surface area contributed by atoms with E-state index in [9.17, 15) is 9.18 Å². The molecule has 1 aliphatic rings. The van der Waals surface area contributed by atoms with Crippen molar-refractivity contribution in [2.45, 2.75) is 25.7 Å². The van der Waals surface area contributed by atoms with Gasteiger partial charge in [-0.25, -0.2) is 4.39 Å². The van der Waals surface area contributed by atoms with Crippen molar-refractivity contribution in [3.8, 4) is 0 Å². The third kappa shape index (κ3) is 5.68. The van der Waals surface area contributed by atoms with Crippen LogP contribution in [0.4, 0.5) is 4.39 Å². The largest absolute Gasteiger partial charge is 0.370 e. The quantitative estimate of drug-likeness (QED) is 0.875. The summed E-state index contributed by atoms with van der Waals surface area (Å²) in [7, 11) is 0. The fourth-order valence-electron chi connectivity index (χ4n) is 2.81. The number of rotatable bonds is 6. The van der Waals surface area contributed by atoms with E-state index in [1.54, 1.807) is 12.1 Å². The first-order valence-electron chi connectivity index (χ1n) is 7.56. The molecule has 0 saturated carbocycles. The Balaban J connectivity index is 1.77. The normalized spacial score (nSPS) is 20.0. The van der Waals surface area contributed by atoms with Crippen LogP contribution in [0.2, 0.25) is 0 Å². The molecule has 114 valence electrons. The summed E-state index contributed by atoms with van der Waals surface area (Å²) in [6, 6.07) is 6.50. The zero-order valence-corrected chi connectivity index (χ0v) is 12.3. The van der Waals surface area contributed by atoms with Gasteiger partial charge in [-0.05, 0) is 49.4 Å². The van der Waals surface area contributed by atoms with Crippen molar-refractivity contribution in [3.05, 3.63) is 41.7 Å². The van der Waals surface area contributed by atoms with Gasteiger partial charge >= 0.3 is 0 Å². The number of hydrogen-bond acceptors (Lipinski definition) is 2. The molecule has 0 aromatic heterocycles. The topological polar surface area (TPSA) is 46.3 Å². The Hall–Kier alpha value is -1.68. The number of amides is 1. The number of benzene rings is 1. The molecule has 1 unspecified atom stereocenters. The molecule has 1 fully saturated rings. The first-order valence-corrected chi connectivity index (χ1v) is 7.56. The van der Waals surface area contributed by atoms with Crippen molar-refractivity contribution in [3.63, 3.8) is 0 Å². The van der Waals surface area contributed by atoms with Crippen LogP contribution in [0, 0.1) is 11.7 Å². The lowest BCUT2D eigenvalue weighted by Gasteiger charge is -2.31. The Labute approximate surface area is 125 Å². The van der Waals surface area contributed by atoms with Crippen LogP contribution in [0.1, 0.15) is 31.2 Å². The van der Waals surface area contributed by atoms with E-state index >= 15 is 0 Å². The Bertz CT molecular complexity index is 484. The highest BCUT2D eigenvalue weighted by Crippen LogP contribution is 2.20. The summed E-state index contributed by atoms with van der Waals surface area (Å²) in [6.45, 7) is 3.02. The predicted molar refractivity (Wildman–Crippen MR) is 83.0 cm³/mol. The van der Waals surface area contributed by atoms with Crippen LogP contribution >= 0.6 is 0 Å². The minimum absolute atomic E-state index is 0.205. The molecular weight excluding hydrogens is 267 g/mol. The maximum atomic E-state index is 12.8. The summed E-state index contributed by atoms with van der Waals surface area (Å²) in [5, 5.41) is 0. The highest BCUT2D eigenvalue weighted by Gasteiger charge is 2.19. The standard InChI is InChI=1S/C17H23FN2O/c18-16-8-5-14(6-9-16)3-1-11-20-12-2-4-15(13-20)7-10-17(19)21/h1,3,5-6,8-9,15H,2,4,7,10-13H2,(H2,19,21). The molecule has 0 aliphatic carbocycles. The van der Waals surface area contributed by atoms with E-state index in [0.717, 1.165) is 31.6 Å². The third-order valence-corrected chi connectivity index (χ3v) is 3.95. The molecule has 0 bridgehead atoms. The molecule has 1 aromatic rings. The number of hydrogen-bond donors (Lipinski definition) is 1. The maximum Gasteiger partial charge on any atom is 0.217 e. The number of likely N-dealkylation sites (tertiary alicyclic amines) is 1. The van der Waals surface area contributed by atoms with E-state index in [2.05, 4.69) is 11.0 Å². The minimum Gasteiger partial charge on any atom is -0.370 e. The molecule has 1 heterocycles. The zero-order chi connectivity index (χ0) is 15.1. The molecule has 4 heteroatoms. The van der Waals surface area contributed by atoms with Gasteiger partial charge in [0.05, 0.1) is 0 Å². The molecule has 3 nitrogen and oxygen atoms in total. The molecule has 1 atom stereocenters. The highest BCUT2D eigenvalue weighted by molar-refractivity contribution is 5.73. The smallest absolute Gasteiger partial charge is 0.217 e. The Morgan fingerprint density at radius 2 is 2.14 bits per heavy atom. The van der Waals surface area contributed by atoms with Crippen LogP contribution < -0.4 is 5.73 Å². The van der Waals surface area contributed by atoms with Crippen molar-refractivity contribution in [2.75, 3.05) is 19.6 Å². The van der Waals surface area contributed by atoms with E-state index in [1.807, 2.05) is 6.08 Å². The lowest BCUT2D eigenvalue weighted by atomic mass is 9.93. The average Bonchev–Trinajstić information content (AvgIpc) is 2.48. The van der Waals surface area contributed by atoms with Crippen molar-refractivity contribution in [2.24, 2.45) is 11.7 Å². The van der Waals surface area contributed by atoms with Crippen LogP contribution in [0.25, 0.3) is 6.08 Å².